The lowest BCUT2D eigenvalue weighted by molar-refractivity contribution is 0.669. The number of aromatic nitrogens is 2. The zero-order chi connectivity index (χ0) is 46.2. The summed E-state index contributed by atoms with van der Waals surface area (Å²) in [4.78, 5) is 0. The number of furan rings is 1. The van der Waals surface area contributed by atoms with Gasteiger partial charge in [-0.25, -0.2) is 0 Å². The molecule has 0 aliphatic rings. The third-order valence-corrected chi connectivity index (χ3v) is 19.4. The van der Waals surface area contributed by atoms with Crippen LogP contribution in [0.2, 0.25) is 0 Å². The molecule has 3 heterocycles. The fraction of sp³-hybridized carbons (Fsp3) is 0. The quantitative estimate of drug-likeness (QED) is 0.110. The first-order valence-corrected chi connectivity index (χ1v) is 26.1. The van der Waals surface area contributed by atoms with Gasteiger partial charge in [-0.15, -0.1) is 0 Å². The number of hydrogen-bond acceptors (Lipinski definition) is 1. The summed E-state index contributed by atoms with van der Waals surface area (Å²) in [5, 5.41) is 12.5. The minimum absolute atomic E-state index is 0.900. The Kier molecular flexibility index (Phi) is 9.23. The summed E-state index contributed by atoms with van der Waals surface area (Å²) in [7, 11) is -2.77. The van der Waals surface area contributed by atoms with Crippen LogP contribution in [-0.4, -0.2) is 17.2 Å². The lowest BCUT2D eigenvalue weighted by Crippen LogP contribution is -2.74. The van der Waals surface area contributed by atoms with Crippen LogP contribution < -0.4 is 20.7 Å². The molecule has 0 spiro atoms. The van der Waals surface area contributed by atoms with Gasteiger partial charge in [-0.1, -0.05) is 194 Å². The minimum atomic E-state index is -2.77. The van der Waals surface area contributed by atoms with Gasteiger partial charge in [0.05, 0.1) is 22.1 Å². The SMILES string of the molecule is c1ccc(-c2ccc3c(c2)c2cc(-c4cccc5oc6ccccc6c45)ccc2n3-c2ccc3c(c2)c2ccccc2n3-c2cccc([Si](c3ccccc3)(c3ccccc3)c3ccccc3)c2)cc1. The standard InChI is InChI=1S/C66H44N2OSi/c1-5-19-45(20-6-1)46-35-38-61-57(41-46)58-42-47(54-31-18-34-65-66(54)56-30-14-16-33-64(56)69-65)36-39-62(58)68(61)49-37-40-63-59(44-49)55-29-13-15-32-60(55)67(63)48-21-17-28-53(43-48)70(50-22-7-2-8-23-50,51-24-9-3-10-25-51)52-26-11-4-12-27-52/h1-44H. The van der Waals surface area contributed by atoms with E-state index in [2.05, 4.69) is 270 Å². The third kappa shape index (κ3) is 6.13. The van der Waals surface area contributed by atoms with E-state index in [9.17, 15) is 0 Å². The van der Waals surface area contributed by atoms with E-state index < -0.39 is 8.07 Å². The maximum atomic E-state index is 6.37. The van der Waals surface area contributed by atoms with E-state index >= 15 is 0 Å². The second kappa shape index (κ2) is 16.1. The van der Waals surface area contributed by atoms with Crippen molar-refractivity contribution in [3.05, 3.63) is 267 Å². The van der Waals surface area contributed by atoms with Crippen molar-refractivity contribution in [1.82, 2.24) is 9.13 Å². The van der Waals surface area contributed by atoms with E-state index in [1.54, 1.807) is 0 Å². The van der Waals surface area contributed by atoms with Gasteiger partial charge in [0.2, 0.25) is 0 Å². The molecule has 0 aliphatic heterocycles. The Balaban J connectivity index is 0.978. The minimum Gasteiger partial charge on any atom is -0.456 e. The Labute approximate surface area is 406 Å². The molecule has 0 unspecified atom stereocenters. The smallest absolute Gasteiger partial charge is 0.179 e. The summed E-state index contributed by atoms with van der Waals surface area (Å²) in [5.74, 6) is 0. The van der Waals surface area contributed by atoms with E-state index in [4.69, 9.17) is 4.42 Å². The van der Waals surface area contributed by atoms with Crippen molar-refractivity contribution in [1.29, 1.82) is 0 Å². The molecule has 328 valence electrons. The molecule has 0 bridgehead atoms. The molecular formula is C66H44N2OSi. The van der Waals surface area contributed by atoms with E-state index in [1.807, 2.05) is 6.07 Å². The fourth-order valence-corrected chi connectivity index (χ4v) is 16.4. The van der Waals surface area contributed by atoms with Gasteiger partial charge >= 0.3 is 0 Å². The number of para-hydroxylation sites is 2. The van der Waals surface area contributed by atoms with Crippen molar-refractivity contribution >= 4 is 94.4 Å². The van der Waals surface area contributed by atoms with Crippen molar-refractivity contribution in [3.63, 3.8) is 0 Å². The number of hydrogen-bond donors (Lipinski definition) is 0. The second-order valence-electron chi connectivity index (χ2n) is 18.4. The van der Waals surface area contributed by atoms with E-state index in [-0.39, 0.29) is 0 Å². The molecule has 0 aliphatic carbocycles. The largest absolute Gasteiger partial charge is 0.456 e. The summed E-state index contributed by atoms with van der Waals surface area (Å²) in [6.07, 6.45) is 0. The van der Waals surface area contributed by atoms with Gasteiger partial charge in [0, 0.05) is 43.7 Å². The maximum Gasteiger partial charge on any atom is 0.179 e. The predicted octanol–water partition coefficient (Wildman–Crippen LogP) is 14.5. The summed E-state index contributed by atoms with van der Waals surface area (Å²) in [6, 6.07) is 98.3. The molecule has 70 heavy (non-hydrogen) atoms. The van der Waals surface area contributed by atoms with Gasteiger partial charge in [-0.3, -0.25) is 0 Å². The van der Waals surface area contributed by atoms with Gasteiger partial charge in [0.1, 0.15) is 11.2 Å². The van der Waals surface area contributed by atoms with Crippen LogP contribution in [0.5, 0.6) is 0 Å². The Morgan fingerprint density at radius 2 is 0.743 bits per heavy atom. The average Bonchev–Trinajstić information content (AvgIpc) is 4.09. The Morgan fingerprint density at radius 3 is 1.41 bits per heavy atom. The van der Waals surface area contributed by atoms with Crippen LogP contribution in [0.1, 0.15) is 0 Å². The lowest BCUT2D eigenvalue weighted by atomic mass is 9.97. The van der Waals surface area contributed by atoms with Crippen molar-refractivity contribution in [2.45, 2.75) is 0 Å². The van der Waals surface area contributed by atoms with Crippen molar-refractivity contribution < 1.29 is 4.42 Å². The van der Waals surface area contributed by atoms with Crippen LogP contribution in [-0.2, 0) is 0 Å². The van der Waals surface area contributed by atoms with E-state index in [1.165, 1.54) is 75.5 Å². The molecule has 4 heteroatoms. The van der Waals surface area contributed by atoms with Gasteiger partial charge in [0.25, 0.3) is 0 Å². The van der Waals surface area contributed by atoms with E-state index in [0.717, 1.165) is 44.4 Å². The van der Waals surface area contributed by atoms with Crippen LogP contribution in [0.3, 0.4) is 0 Å². The highest BCUT2D eigenvalue weighted by atomic mass is 28.3. The zero-order valence-electron chi connectivity index (χ0n) is 38.2. The topological polar surface area (TPSA) is 23.0 Å². The number of benzene rings is 11. The van der Waals surface area contributed by atoms with Gasteiger partial charge < -0.3 is 13.6 Å². The lowest BCUT2D eigenvalue weighted by Gasteiger charge is -2.34. The van der Waals surface area contributed by atoms with Crippen molar-refractivity contribution in [3.8, 4) is 33.6 Å². The Morgan fingerprint density at radius 1 is 0.271 bits per heavy atom. The first kappa shape index (κ1) is 40.1. The normalized spacial score (nSPS) is 12.0. The molecule has 0 atom stereocenters. The van der Waals surface area contributed by atoms with Gasteiger partial charge in [-0.05, 0) is 116 Å². The number of rotatable bonds is 8. The average molecular weight is 909 g/mol. The van der Waals surface area contributed by atoms with E-state index in [0.29, 0.717) is 0 Å². The highest BCUT2D eigenvalue weighted by Crippen LogP contribution is 2.42. The molecule has 0 saturated heterocycles. The number of fused-ring (bicyclic) bond motifs is 9. The third-order valence-electron chi connectivity index (χ3n) is 14.7. The summed E-state index contributed by atoms with van der Waals surface area (Å²) in [6.45, 7) is 0. The van der Waals surface area contributed by atoms with Crippen LogP contribution in [0.15, 0.2) is 271 Å². The Hall–Kier alpha value is -8.96. The summed E-state index contributed by atoms with van der Waals surface area (Å²) >= 11 is 0. The molecule has 0 N–H and O–H groups in total. The van der Waals surface area contributed by atoms with Crippen LogP contribution in [0.4, 0.5) is 0 Å². The molecule has 11 aromatic carbocycles. The first-order chi connectivity index (χ1) is 34.7. The molecule has 0 radical (unpaired) electrons. The van der Waals surface area contributed by atoms with Gasteiger partial charge in [-0.2, -0.15) is 0 Å². The zero-order valence-corrected chi connectivity index (χ0v) is 39.2. The van der Waals surface area contributed by atoms with Crippen LogP contribution in [0, 0.1) is 0 Å². The van der Waals surface area contributed by atoms with Crippen LogP contribution >= 0.6 is 0 Å². The number of nitrogens with zero attached hydrogens (tertiary/aromatic N) is 2. The second-order valence-corrected chi connectivity index (χ2v) is 22.2. The summed E-state index contributed by atoms with van der Waals surface area (Å²) < 4.78 is 11.3. The molecule has 0 amide bonds. The molecule has 14 aromatic rings. The van der Waals surface area contributed by atoms with Crippen molar-refractivity contribution in [2.75, 3.05) is 0 Å². The van der Waals surface area contributed by atoms with Crippen molar-refractivity contribution in [2.24, 2.45) is 0 Å². The molecule has 3 nitrogen and oxygen atoms in total. The molecule has 0 saturated carbocycles. The molecular weight excluding hydrogens is 865 g/mol. The first-order valence-electron chi connectivity index (χ1n) is 24.1. The summed E-state index contributed by atoms with van der Waals surface area (Å²) in [5.41, 5.74) is 13.5. The highest BCUT2D eigenvalue weighted by molar-refractivity contribution is 7.19. The fourth-order valence-electron chi connectivity index (χ4n) is 11.6. The van der Waals surface area contributed by atoms with Gasteiger partial charge in [0.15, 0.2) is 8.07 Å². The van der Waals surface area contributed by atoms with Crippen LogP contribution in [0.25, 0.3) is 99.2 Å². The predicted molar refractivity (Wildman–Crippen MR) is 297 cm³/mol. The molecule has 14 rings (SSSR count). The monoisotopic (exact) mass is 908 g/mol. The maximum absolute atomic E-state index is 6.37. The highest BCUT2D eigenvalue weighted by Gasteiger charge is 2.41. The molecule has 3 aromatic heterocycles. The molecule has 0 fully saturated rings. The Bertz CT molecular complexity index is 4190.